The molecule has 0 aliphatic heterocycles. The average molecular weight is 803 g/mol. The summed E-state index contributed by atoms with van der Waals surface area (Å²) >= 11 is 0. The minimum atomic E-state index is 0.908. The number of benzene rings is 10. The Hall–Kier alpha value is -8.40. The summed E-state index contributed by atoms with van der Waals surface area (Å²) < 4.78 is 11.0. The summed E-state index contributed by atoms with van der Waals surface area (Å²) in [6, 6.07) is 83.6. The third kappa shape index (κ3) is 5.60. The lowest BCUT2D eigenvalue weighted by molar-refractivity contribution is 0.669. The summed E-state index contributed by atoms with van der Waals surface area (Å²) in [4.78, 5) is 0. The van der Waals surface area contributed by atoms with Gasteiger partial charge in [-0.2, -0.15) is 0 Å². The number of nitrogens with zero attached hydrogens (tertiary/aromatic N) is 2. The Morgan fingerprint density at radius 3 is 1.63 bits per heavy atom. The molecule has 0 bridgehead atoms. The van der Waals surface area contributed by atoms with Crippen molar-refractivity contribution < 1.29 is 4.42 Å². The summed E-state index contributed by atoms with van der Waals surface area (Å²) in [5.41, 5.74) is 18.3. The summed E-state index contributed by atoms with van der Waals surface area (Å²) in [5, 5.41) is 7.22. The Balaban J connectivity index is 0.993. The van der Waals surface area contributed by atoms with Crippen molar-refractivity contribution >= 4 is 65.6 Å². The highest BCUT2D eigenvalue weighted by molar-refractivity contribution is 6.16. The van der Waals surface area contributed by atoms with Gasteiger partial charge in [0.25, 0.3) is 0 Å². The zero-order valence-electron chi connectivity index (χ0n) is 34.2. The van der Waals surface area contributed by atoms with Crippen LogP contribution in [0.3, 0.4) is 0 Å². The molecule has 0 amide bonds. The number of hydrogen-bond donors (Lipinski definition) is 0. The molecule has 0 saturated carbocycles. The van der Waals surface area contributed by atoms with Gasteiger partial charge in [0.15, 0.2) is 0 Å². The molecule has 0 aliphatic rings. The van der Waals surface area contributed by atoms with Crippen LogP contribution in [-0.2, 0) is 0 Å². The van der Waals surface area contributed by atoms with Crippen LogP contribution < -0.4 is 0 Å². The molecular formula is C60H38N2O. The Labute approximate surface area is 363 Å². The first-order valence-corrected chi connectivity index (χ1v) is 21.6. The Morgan fingerprint density at radius 1 is 0.254 bits per heavy atom. The molecule has 294 valence electrons. The Bertz CT molecular complexity index is 3890. The van der Waals surface area contributed by atoms with Crippen LogP contribution in [0.15, 0.2) is 235 Å². The van der Waals surface area contributed by atoms with E-state index in [4.69, 9.17) is 4.42 Å². The molecule has 13 aromatic rings. The molecule has 0 aliphatic carbocycles. The van der Waals surface area contributed by atoms with Gasteiger partial charge in [-0.3, -0.25) is 0 Å². The van der Waals surface area contributed by atoms with E-state index in [2.05, 4.69) is 228 Å². The number of fused-ring (bicyclic) bond motifs is 9. The zero-order valence-corrected chi connectivity index (χ0v) is 34.2. The highest BCUT2D eigenvalue weighted by atomic mass is 16.3. The van der Waals surface area contributed by atoms with Crippen molar-refractivity contribution in [2.24, 2.45) is 0 Å². The van der Waals surface area contributed by atoms with E-state index in [1.54, 1.807) is 0 Å². The maximum Gasteiger partial charge on any atom is 0.135 e. The first kappa shape index (κ1) is 35.4. The fraction of sp³-hybridized carbons (Fsp3) is 0. The molecule has 0 radical (unpaired) electrons. The first-order valence-electron chi connectivity index (χ1n) is 21.6. The summed E-state index contributed by atoms with van der Waals surface area (Å²) in [6.45, 7) is 0. The van der Waals surface area contributed by atoms with E-state index in [0.717, 1.165) is 38.9 Å². The summed E-state index contributed by atoms with van der Waals surface area (Å²) in [6.07, 6.45) is 0. The van der Waals surface area contributed by atoms with E-state index in [1.165, 1.54) is 82.6 Å². The van der Waals surface area contributed by atoms with E-state index >= 15 is 0 Å². The molecule has 3 heterocycles. The van der Waals surface area contributed by atoms with Crippen LogP contribution >= 0.6 is 0 Å². The summed E-state index contributed by atoms with van der Waals surface area (Å²) in [5.74, 6) is 0. The van der Waals surface area contributed by atoms with E-state index in [0.29, 0.717) is 0 Å². The molecule has 10 aromatic carbocycles. The van der Waals surface area contributed by atoms with Crippen LogP contribution in [0, 0.1) is 0 Å². The number of hydrogen-bond acceptors (Lipinski definition) is 1. The molecule has 0 N–H and O–H groups in total. The van der Waals surface area contributed by atoms with Gasteiger partial charge in [0.05, 0.1) is 22.1 Å². The molecule has 0 fully saturated rings. The quantitative estimate of drug-likeness (QED) is 0.164. The standard InChI is InChI=1S/C60H38N2O/c1-3-14-40(15-4-1)46-33-32-45(38-52(46)41-28-26-39(27-29-41)42-31-35-59-54(36-42)50-20-9-12-25-58(50)63-59)62-56-24-11-7-18-48(56)51-22-13-21-47(60(51)62)43-30-34-57-53(37-43)49-19-8-10-23-55(49)61(57)44-16-5-2-6-17-44/h1-38H. The highest BCUT2D eigenvalue weighted by Gasteiger charge is 2.20. The molecule has 3 aromatic heterocycles. The van der Waals surface area contributed by atoms with Crippen molar-refractivity contribution in [3.05, 3.63) is 231 Å². The smallest absolute Gasteiger partial charge is 0.135 e. The van der Waals surface area contributed by atoms with Crippen LogP contribution in [0.4, 0.5) is 0 Å². The lowest BCUT2D eigenvalue weighted by Gasteiger charge is -2.17. The van der Waals surface area contributed by atoms with Crippen LogP contribution in [0.1, 0.15) is 0 Å². The van der Waals surface area contributed by atoms with Gasteiger partial charge in [-0.25, -0.2) is 0 Å². The third-order valence-corrected chi connectivity index (χ3v) is 12.9. The summed E-state index contributed by atoms with van der Waals surface area (Å²) in [7, 11) is 0. The normalized spacial score (nSPS) is 11.8. The van der Waals surface area contributed by atoms with Gasteiger partial charge in [0.1, 0.15) is 11.2 Å². The van der Waals surface area contributed by atoms with E-state index in [9.17, 15) is 0 Å². The fourth-order valence-corrected chi connectivity index (χ4v) is 10.0. The maximum absolute atomic E-state index is 6.15. The molecule has 3 nitrogen and oxygen atoms in total. The molecular weight excluding hydrogens is 765 g/mol. The maximum atomic E-state index is 6.15. The lowest BCUT2D eigenvalue weighted by Crippen LogP contribution is -1.97. The van der Waals surface area contributed by atoms with Crippen molar-refractivity contribution in [3.8, 4) is 55.9 Å². The monoisotopic (exact) mass is 802 g/mol. The number of aromatic nitrogens is 2. The Morgan fingerprint density at radius 2 is 0.825 bits per heavy atom. The van der Waals surface area contributed by atoms with E-state index in [1.807, 2.05) is 12.1 Å². The fourth-order valence-electron chi connectivity index (χ4n) is 10.0. The molecule has 0 atom stereocenters. The number of para-hydroxylation sites is 5. The topological polar surface area (TPSA) is 23.0 Å². The van der Waals surface area contributed by atoms with Crippen LogP contribution in [0.2, 0.25) is 0 Å². The second-order valence-corrected chi connectivity index (χ2v) is 16.5. The zero-order chi connectivity index (χ0) is 41.4. The van der Waals surface area contributed by atoms with Crippen molar-refractivity contribution in [2.45, 2.75) is 0 Å². The number of rotatable bonds is 6. The SMILES string of the molecule is c1ccc(-c2ccc(-n3c4ccccc4c4cccc(-c5ccc6c(c5)c5ccccc5n6-c5ccccc5)c43)cc2-c2ccc(-c3ccc4oc5ccccc5c4c3)cc2)cc1. The average Bonchev–Trinajstić information content (AvgIpc) is 4.02. The molecule has 0 saturated heterocycles. The minimum Gasteiger partial charge on any atom is -0.456 e. The van der Waals surface area contributed by atoms with Gasteiger partial charge < -0.3 is 13.6 Å². The van der Waals surface area contributed by atoms with Crippen molar-refractivity contribution in [2.75, 3.05) is 0 Å². The van der Waals surface area contributed by atoms with Gasteiger partial charge in [0.2, 0.25) is 0 Å². The molecule has 63 heavy (non-hydrogen) atoms. The largest absolute Gasteiger partial charge is 0.456 e. The highest BCUT2D eigenvalue weighted by Crippen LogP contribution is 2.43. The second kappa shape index (κ2) is 14.1. The van der Waals surface area contributed by atoms with Gasteiger partial charge in [-0.05, 0) is 106 Å². The molecule has 0 unspecified atom stereocenters. The molecule has 13 rings (SSSR count). The van der Waals surface area contributed by atoms with Gasteiger partial charge in [0, 0.05) is 49.3 Å². The van der Waals surface area contributed by atoms with Crippen LogP contribution in [0.25, 0.3) is 121 Å². The Kier molecular flexibility index (Phi) is 7.91. The van der Waals surface area contributed by atoms with Gasteiger partial charge >= 0.3 is 0 Å². The minimum absolute atomic E-state index is 0.908. The third-order valence-electron chi connectivity index (χ3n) is 12.9. The molecule has 0 spiro atoms. The predicted molar refractivity (Wildman–Crippen MR) is 264 cm³/mol. The predicted octanol–water partition coefficient (Wildman–Crippen LogP) is 16.4. The number of furan rings is 1. The van der Waals surface area contributed by atoms with E-state index < -0.39 is 0 Å². The van der Waals surface area contributed by atoms with Gasteiger partial charge in [-0.15, -0.1) is 0 Å². The van der Waals surface area contributed by atoms with Crippen molar-refractivity contribution in [1.82, 2.24) is 9.13 Å². The molecule has 3 heteroatoms. The van der Waals surface area contributed by atoms with E-state index in [-0.39, 0.29) is 0 Å². The van der Waals surface area contributed by atoms with Crippen LogP contribution in [0.5, 0.6) is 0 Å². The van der Waals surface area contributed by atoms with Crippen LogP contribution in [-0.4, -0.2) is 9.13 Å². The van der Waals surface area contributed by atoms with Crippen molar-refractivity contribution in [1.29, 1.82) is 0 Å². The van der Waals surface area contributed by atoms with Gasteiger partial charge in [-0.1, -0.05) is 164 Å². The first-order chi connectivity index (χ1) is 31.2. The lowest BCUT2D eigenvalue weighted by atomic mass is 9.92. The second-order valence-electron chi connectivity index (χ2n) is 16.5. The van der Waals surface area contributed by atoms with Crippen molar-refractivity contribution in [3.63, 3.8) is 0 Å².